The second-order valence-electron chi connectivity index (χ2n) is 8.44. The van der Waals surface area contributed by atoms with Crippen LogP contribution in [0.25, 0.3) is 6.08 Å². The van der Waals surface area contributed by atoms with Crippen molar-refractivity contribution in [2.45, 2.75) is 53.3 Å². The van der Waals surface area contributed by atoms with Crippen LogP contribution in [-0.4, -0.2) is 45.7 Å². The number of aliphatic imine (C=N–C) groups is 1. The normalized spacial score (nSPS) is 16.1. The van der Waals surface area contributed by atoms with E-state index in [4.69, 9.17) is 14.6 Å². The Kier molecular flexibility index (Phi) is 9.23. The molecule has 1 aliphatic heterocycles. The first-order valence-corrected chi connectivity index (χ1v) is 13.2. The van der Waals surface area contributed by atoms with Crippen LogP contribution in [0.15, 0.2) is 46.3 Å². The summed E-state index contributed by atoms with van der Waals surface area (Å²) in [4.78, 5) is 31.1. The molecule has 0 radical (unpaired) electrons. The number of amides is 1. The van der Waals surface area contributed by atoms with Crippen molar-refractivity contribution in [3.05, 3.63) is 61.6 Å². The highest BCUT2D eigenvalue weighted by Gasteiger charge is 2.35. The molecule has 0 unspecified atom stereocenters. The van der Waals surface area contributed by atoms with Gasteiger partial charge in [-0.15, -0.1) is 0 Å². The van der Waals surface area contributed by atoms with Crippen molar-refractivity contribution in [3.63, 3.8) is 0 Å². The molecule has 1 aliphatic rings. The minimum atomic E-state index is -0.964. The molecule has 0 aromatic heterocycles. The highest BCUT2D eigenvalue weighted by atomic mass is 127. The lowest BCUT2D eigenvalue weighted by Crippen LogP contribution is -2.35. The average molecular weight is 608 g/mol. The highest BCUT2D eigenvalue weighted by molar-refractivity contribution is 14.1. The van der Waals surface area contributed by atoms with Gasteiger partial charge >= 0.3 is 5.97 Å². The zero-order valence-corrected chi connectivity index (χ0v) is 23.3. The minimum Gasteiger partial charge on any atom is -0.490 e. The van der Waals surface area contributed by atoms with Crippen LogP contribution >= 0.6 is 34.4 Å². The van der Waals surface area contributed by atoms with Crippen LogP contribution in [0.5, 0.6) is 11.5 Å². The van der Waals surface area contributed by atoms with Crippen LogP contribution in [0.3, 0.4) is 0 Å². The van der Waals surface area contributed by atoms with Crippen LogP contribution < -0.4 is 9.47 Å². The fourth-order valence-electron chi connectivity index (χ4n) is 3.38. The zero-order chi connectivity index (χ0) is 25.7. The molecule has 0 spiro atoms. The number of benzene rings is 2. The van der Waals surface area contributed by atoms with Crippen molar-refractivity contribution in [3.8, 4) is 11.5 Å². The molecule has 7 nitrogen and oxygen atoms in total. The predicted octanol–water partition coefficient (Wildman–Crippen LogP) is 6.06. The monoisotopic (exact) mass is 608 g/mol. The third-order valence-corrected chi connectivity index (χ3v) is 6.73. The Morgan fingerprint density at radius 1 is 1.17 bits per heavy atom. The van der Waals surface area contributed by atoms with Gasteiger partial charge in [0.25, 0.3) is 5.91 Å². The molecule has 2 aromatic rings. The fraction of sp³-hybridized carbons (Fsp3) is 0.346. The van der Waals surface area contributed by atoms with Gasteiger partial charge in [0.15, 0.2) is 16.7 Å². The average Bonchev–Trinajstić information content (AvgIpc) is 3.07. The highest BCUT2D eigenvalue weighted by Crippen LogP contribution is 2.38. The van der Waals surface area contributed by atoms with Gasteiger partial charge in [-0.2, -0.15) is 0 Å². The molecule has 0 bridgehead atoms. The summed E-state index contributed by atoms with van der Waals surface area (Å²) in [6.07, 6.45) is 1.87. The Labute approximate surface area is 223 Å². The first-order chi connectivity index (χ1) is 16.6. The molecule has 0 atom stereocenters. The Bertz CT molecular complexity index is 1160. The number of ether oxygens (including phenoxy) is 2. The van der Waals surface area contributed by atoms with E-state index in [-0.39, 0.29) is 30.2 Å². The number of hydrogen-bond donors (Lipinski definition) is 1. The number of amidine groups is 1. The van der Waals surface area contributed by atoms with Crippen molar-refractivity contribution in [1.29, 1.82) is 0 Å². The van der Waals surface area contributed by atoms with Crippen LogP contribution in [0.2, 0.25) is 0 Å². The van der Waals surface area contributed by atoms with E-state index in [0.717, 1.165) is 19.9 Å². The number of thioether (sulfide) groups is 1. The maximum absolute atomic E-state index is 13.1. The van der Waals surface area contributed by atoms with Crippen LogP contribution in [0.4, 0.5) is 0 Å². The van der Waals surface area contributed by atoms with Gasteiger partial charge in [-0.1, -0.05) is 12.1 Å². The summed E-state index contributed by atoms with van der Waals surface area (Å²) in [5, 5.41) is 9.79. The number of nitrogens with zero attached hydrogens (tertiary/aromatic N) is 2. The largest absolute Gasteiger partial charge is 0.490 e. The molecule has 0 aliphatic carbocycles. The topological polar surface area (TPSA) is 88.4 Å². The molecule has 1 saturated heterocycles. The first-order valence-electron chi connectivity index (χ1n) is 11.3. The lowest BCUT2D eigenvalue weighted by molar-refractivity contribution is -0.123. The van der Waals surface area contributed by atoms with Gasteiger partial charge in [0.2, 0.25) is 0 Å². The van der Waals surface area contributed by atoms with Gasteiger partial charge in [0, 0.05) is 12.1 Å². The number of carbonyl (C=O) groups excluding carboxylic acids is 1. The van der Waals surface area contributed by atoms with Crippen LogP contribution in [0.1, 0.15) is 56.1 Å². The van der Waals surface area contributed by atoms with Gasteiger partial charge < -0.3 is 14.6 Å². The van der Waals surface area contributed by atoms with Crippen molar-refractivity contribution >= 4 is 57.5 Å². The second kappa shape index (κ2) is 11.9. The number of hydrogen-bond acceptors (Lipinski definition) is 6. The van der Waals surface area contributed by atoms with Crippen molar-refractivity contribution in [2.75, 3.05) is 6.61 Å². The lowest BCUT2D eigenvalue weighted by atomic mass is 10.1. The summed E-state index contributed by atoms with van der Waals surface area (Å²) in [5.41, 5.74) is 1.91. The fourth-order valence-corrected chi connectivity index (χ4v) is 5.39. The summed E-state index contributed by atoms with van der Waals surface area (Å²) in [5.74, 6) is 0.171. The molecule has 9 heteroatoms. The maximum atomic E-state index is 13.1. The van der Waals surface area contributed by atoms with Crippen LogP contribution in [-0.2, 0) is 11.4 Å². The maximum Gasteiger partial charge on any atom is 0.335 e. The smallest absolute Gasteiger partial charge is 0.335 e. The number of aromatic carboxylic acids is 1. The molecular weight excluding hydrogens is 579 g/mol. The van der Waals surface area contributed by atoms with E-state index in [1.807, 2.05) is 52.8 Å². The molecule has 2 aromatic carbocycles. The number of rotatable bonds is 9. The molecule has 186 valence electrons. The molecule has 1 amide bonds. The third kappa shape index (κ3) is 6.78. The van der Waals surface area contributed by atoms with E-state index in [1.54, 1.807) is 29.2 Å². The van der Waals surface area contributed by atoms with E-state index < -0.39 is 5.97 Å². The van der Waals surface area contributed by atoms with Gasteiger partial charge in [0.05, 0.1) is 20.6 Å². The molecule has 35 heavy (non-hydrogen) atoms. The molecule has 3 rings (SSSR count). The van der Waals surface area contributed by atoms with E-state index in [2.05, 4.69) is 27.6 Å². The second-order valence-corrected chi connectivity index (χ2v) is 10.6. The van der Waals surface area contributed by atoms with Crippen molar-refractivity contribution < 1.29 is 24.2 Å². The van der Waals surface area contributed by atoms with Gasteiger partial charge in [-0.3, -0.25) is 14.7 Å². The standard InChI is InChI=1S/C26H29IN2O5S/c1-6-33-21-12-18(13-22-24(30)29(16(4)5)26(35-22)28-15(2)3)11-20(27)23(21)34-14-17-7-9-19(10-8-17)25(31)32/h7-13,15-16H,6,14H2,1-5H3,(H,31,32)/b22-13+,28-26?. The van der Waals surface area contributed by atoms with E-state index in [1.165, 1.54) is 11.8 Å². The summed E-state index contributed by atoms with van der Waals surface area (Å²) >= 11 is 3.59. The summed E-state index contributed by atoms with van der Waals surface area (Å²) in [6, 6.07) is 10.5. The Hall–Kier alpha value is -2.53. The predicted molar refractivity (Wildman–Crippen MR) is 148 cm³/mol. The third-order valence-electron chi connectivity index (χ3n) is 4.94. The summed E-state index contributed by atoms with van der Waals surface area (Å²) in [7, 11) is 0. The van der Waals surface area contributed by atoms with E-state index in [9.17, 15) is 9.59 Å². The van der Waals surface area contributed by atoms with Crippen molar-refractivity contribution in [1.82, 2.24) is 4.90 Å². The van der Waals surface area contributed by atoms with E-state index >= 15 is 0 Å². The van der Waals surface area contributed by atoms with Gasteiger partial charge in [-0.25, -0.2) is 4.79 Å². The molecule has 1 fully saturated rings. The SMILES string of the molecule is CCOc1cc(/C=C2/SC(=NC(C)C)N(C(C)C)C2=O)cc(I)c1OCc1ccc(C(=O)O)cc1. The number of halogens is 1. The van der Waals surface area contributed by atoms with Crippen LogP contribution in [0, 0.1) is 3.57 Å². The van der Waals surface area contributed by atoms with E-state index in [0.29, 0.717) is 23.0 Å². The Balaban J connectivity index is 1.87. The number of carboxylic acids is 1. The molecule has 0 saturated carbocycles. The Morgan fingerprint density at radius 2 is 1.86 bits per heavy atom. The first kappa shape index (κ1) is 27.1. The molecular formula is C26H29IN2O5S. The Morgan fingerprint density at radius 3 is 2.43 bits per heavy atom. The van der Waals surface area contributed by atoms with Gasteiger partial charge in [0.1, 0.15) is 6.61 Å². The summed E-state index contributed by atoms with van der Waals surface area (Å²) in [6.45, 7) is 10.6. The number of carbonyl (C=O) groups is 2. The van der Waals surface area contributed by atoms with Crippen molar-refractivity contribution in [2.24, 2.45) is 4.99 Å². The quantitative estimate of drug-likeness (QED) is 0.275. The minimum absolute atomic E-state index is 0.0119. The lowest BCUT2D eigenvalue weighted by Gasteiger charge is -2.20. The zero-order valence-electron chi connectivity index (χ0n) is 20.4. The summed E-state index contributed by atoms with van der Waals surface area (Å²) < 4.78 is 12.8. The number of carboxylic acid groups (broad SMARTS) is 1. The van der Waals surface area contributed by atoms with Gasteiger partial charge in [-0.05, 0) is 110 Å². The molecule has 1 N–H and O–H groups in total. The molecule has 1 heterocycles.